The van der Waals surface area contributed by atoms with Crippen LogP contribution in [0.25, 0.3) is 0 Å². The molecule has 0 atom stereocenters. The second-order valence-corrected chi connectivity index (χ2v) is 3.96. The average molecular weight is 274 g/mol. The van der Waals surface area contributed by atoms with E-state index in [2.05, 4.69) is 20.5 Å². The summed E-state index contributed by atoms with van der Waals surface area (Å²) < 4.78 is 4.87. The van der Waals surface area contributed by atoms with Crippen LogP contribution in [0.5, 0.6) is 0 Å². The van der Waals surface area contributed by atoms with Gasteiger partial charge >= 0.3 is 5.97 Å². The van der Waals surface area contributed by atoms with Gasteiger partial charge in [0.25, 0.3) is 0 Å². The summed E-state index contributed by atoms with van der Waals surface area (Å²) in [4.78, 5) is 27.4. The molecule has 0 fully saturated rings. The first kappa shape index (κ1) is 13.7. The zero-order valence-electron chi connectivity index (χ0n) is 10.9. The van der Waals surface area contributed by atoms with Gasteiger partial charge in [-0.2, -0.15) is 5.10 Å². The molecule has 0 aromatic carbocycles. The molecule has 2 N–H and O–H groups in total. The summed E-state index contributed by atoms with van der Waals surface area (Å²) in [7, 11) is 0. The molecule has 2 aromatic heterocycles. The molecule has 7 heteroatoms. The summed E-state index contributed by atoms with van der Waals surface area (Å²) in [6, 6.07) is 3.50. The minimum Gasteiger partial charge on any atom is -0.462 e. The maximum absolute atomic E-state index is 11.9. The molecule has 2 aromatic rings. The first-order chi connectivity index (χ1) is 9.70. The third kappa shape index (κ3) is 3.41. The predicted molar refractivity (Wildman–Crippen MR) is 71.1 cm³/mol. The number of carbonyl (C=O) groups is 2. The molecule has 0 saturated carbocycles. The second-order valence-electron chi connectivity index (χ2n) is 3.96. The molecule has 104 valence electrons. The fourth-order valence-corrected chi connectivity index (χ4v) is 1.61. The maximum Gasteiger partial charge on any atom is 0.343 e. The number of hydrogen-bond acceptors (Lipinski definition) is 5. The highest BCUT2D eigenvalue weighted by atomic mass is 16.5. The number of hydrogen-bond donors (Lipinski definition) is 2. The minimum absolute atomic E-state index is 0.184. The standard InChI is InChI=1S/C13H14N4O3/c1-2-20-13(19)10-8-15-17-12(10)16-11(18)7-9-3-5-14-6-4-9/h3-6,8H,2,7H2,1H3,(H2,15,16,17,18). The quantitative estimate of drug-likeness (QED) is 0.797. The molecule has 20 heavy (non-hydrogen) atoms. The molecule has 0 saturated heterocycles. The Labute approximate surface area is 115 Å². The van der Waals surface area contributed by atoms with E-state index in [1.165, 1.54) is 6.20 Å². The SMILES string of the molecule is CCOC(=O)c1cn[nH]c1NC(=O)Cc1ccncc1. The van der Waals surface area contributed by atoms with Crippen LogP contribution in [0.15, 0.2) is 30.7 Å². The molecule has 2 rings (SSSR count). The molecular formula is C13H14N4O3. The summed E-state index contributed by atoms with van der Waals surface area (Å²) >= 11 is 0. The molecule has 0 bridgehead atoms. The highest BCUT2D eigenvalue weighted by molar-refractivity contribution is 6.00. The van der Waals surface area contributed by atoms with Gasteiger partial charge in [-0.1, -0.05) is 0 Å². The van der Waals surface area contributed by atoms with Gasteiger partial charge in [0.1, 0.15) is 11.4 Å². The third-order valence-electron chi connectivity index (χ3n) is 2.51. The van der Waals surface area contributed by atoms with Gasteiger partial charge in [-0.05, 0) is 24.6 Å². The number of nitrogens with zero attached hydrogens (tertiary/aromatic N) is 2. The fraction of sp³-hybridized carbons (Fsp3) is 0.231. The van der Waals surface area contributed by atoms with Crippen LogP contribution in [0, 0.1) is 0 Å². The fourth-order valence-electron chi connectivity index (χ4n) is 1.61. The van der Waals surface area contributed by atoms with Gasteiger partial charge in [0.05, 0.1) is 19.2 Å². The van der Waals surface area contributed by atoms with E-state index < -0.39 is 5.97 Å². The number of H-pyrrole nitrogens is 1. The van der Waals surface area contributed by atoms with E-state index in [4.69, 9.17) is 4.74 Å². The van der Waals surface area contributed by atoms with Gasteiger partial charge in [0.2, 0.25) is 5.91 Å². The van der Waals surface area contributed by atoms with Crippen LogP contribution in [0.1, 0.15) is 22.8 Å². The molecule has 0 aliphatic carbocycles. The van der Waals surface area contributed by atoms with Crippen molar-refractivity contribution in [3.63, 3.8) is 0 Å². The molecule has 1 amide bonds. The highest BCUT2D eigenvalue weighted by Crippen LogP contribution is 2.13. The molecule has 0 aliphatic heterocycles. The lowest BCUT2D eigenvalue weighted by molar-refractivity contribution is -0.115. The van der Waals surface area contributed by atoms with Crippen molar-refractivity contribution in [2.45, 2.75) is 13.3 Å². The molecule has 0 spiro atoms. The average Bonchev–Trinajstić information content (AvgIpc) is 2.88. The van der Waals surface area contributed by atoms with Crippen molar-refractivity contribution in [3.8, 4) is 0 Å². The zero-order valence-corrected chi connectivity index (χ0v) is 10.9. The minimum atomic E-state index is -0.527. The Morgan fingerprint density at radius 2 is 2.10 bits per heavy atom. The van der Waals surface area contributed by atoms with Crippen LogP contribution in [0.2, 0.25) is 0 Å². The van der Waals surface area contributed by atoms with E-state index in [1.807, 2.05) is 0 Å². The van der Waals surface area contributed by atoms with Crippen LogP contribution < -0.4 is 5.32 Å². The van der Waals surface area contributed by atoms with E-state index in [-0.39, 0.29) is 30.3 Å². The summed E-state index contributed by atoms with van der Waals surface area (Å²) in [5.41, 5.74) is 1.03. The van der Waals surface area contributed by atoms with E-state index in [1.54, 1.807) is 31.5 Å². The molecular weight excluding hydrogens is 260 g/mol. The summed E-state index contributed by atoms with van der Waals surface area (Å²) in [5, 5.41) is 8.90. The van der Waals surface area contributed by atoms with E-state index in [0.29, 0.717) is 0 Å². The monoisotopic (exact) mass is 274 g/mol. The van der Waals surface area contributed by atoms with Gasteiger partial charge in [-0.25, -0.2) is 4.79 Å². The Morgan fingerprint density at radius 3 is 2.80 bits per heavy atom. The third-order valence-corrected chi connectivity index (χ3v) is 2.51. The van der Waals surface area contributed by atoms with Crippen LogP contribution in [0.3, 0.4) is 0 Å². The van der Waals surface area contributed by atoms with E-state index in [0.717, 1.165) is 5.56 Å². The van der Waals surface area contributed by atoms with Crippen molar-refractivity contribution in [2.24, 2.45) is 0 Å². The Morgan fingerprint density at radius 1 is 1.35 bits per heavy atom. The lowest BCUT2D eigenvalue weighted by Crippen LogP contribution is -2.17. The van der Waals surface area contributed by atoms with Crippen molar-refractivity contribution in [2.75, 3.05) is 11.9 Å². The molecule has 0 unspecified atom stereocenters. The zero-order chi connectivity index (χ0) is 14.4. The number of nitrogens with one attached hydrogen (secondary N) is 2. The number of esters is 1. The second kappa shape index (κ2) is 6.46. The highest BCUT2D eigenvalue weighted by Gasteiger charge is 2.16. The Kier molecular flexibility index (Phi) is 4.43. The summed E-state index contributed by atoms with van der Waals surface area (Å²) in [5.74, 6) is -0.547. The smallest absolute Gasteiger partial charge is 0.343 e. The largest absolute Gasteiger partial charge is 0.462 e. The number of anilines is 1. The normalized spacial score (nSPS) is 10.1. The summed E-state index contributed by atoms with van der Waals surface area (Å²) in [6.07, 6.45) is 4.73. The van der Waals surface area contributed by atoms with Crippen molar-refractivity contribution in [1.82, 2.24) is 15.2 Å². The number of pyridine rings is 1. The number of amides is 1. The molecule has 0 radical (unpaired) electrons. The lowest BCUT2D eigenvalue weighted by atomic mass is 10.2. The maximum atomic E-state index is 11.9. The van der Waals surface area contributed by atoms with E-state index >= 15 is 0 Å². The number of aromatic amines is 1. The predicted octanol–water partition coefficient (Wildman–Crippen LogP) is 1.16. The first-order valence-corrected chi connectivity index (χ1v) is 6.10. The van der Waals surface area contributed by atoms with Crippen LogP contribution in [-0.4, -0.2) is 33.7 Å². The van der Waals surface area contributed by atoms with Gasteiger partial charge in [-0.3, -0.25) is 14.9 Å². The van der Waals surface area contributed by atoms with Crippen molar-refractivity contribution in [3.05, 3.63) is 41.9 Å². The number of aromatic nitrogens is 3. The van der Waals surface area contributed by atoms with Crippen molar-refractivity contribution >= 4 is 17.7 Å². The van der Waals surface area contributed by atoms with Gasteiger partial charge in [-0.15, -0.1) is 0 Å². The number of ether oxygens (including phenoxy) is 1. The Bertz CT molecular complexity index is 595. The van der Waals surface area contributed by atoms with Gasteiger partial charge in [0, 0.05) is 12.4 Å². The van der Waals surface area contributed by atoms with Gasteiger partial charge < -0.3 is 10.1 Å². The van der Waals surface area contributed by atoms with Crippen molar-refractivity contribution < 1.29 is 14.3 Å². The molecule has 0 aliphatic rings. The van der Waals surface area contributed by atoms with Crippen LogP contribution in [0.4, 0.5) is 5.82 Å². The Balaban J connectivity index is 2.02. The van der Waals surface area contributed by atoms with Crippen LogP contribution >= 0.6 is 0 Å². The van der Waals surface area contributed by atoms with Gasteiger partial charge in [0.15, 0.2) is 0 Å². The Hall–Kier alpha value is -2.70. The topological polar surface area (TPSA) is 97.0 Å². The summed E-state index contributed by atoms with van der Waals surface area (Å²) in [6.45, 7) is 1.97. The number of rotatable bonds is 5. The van der Waals surface area contributed by atoms with Crippen LogP contribution in [-0.2, 0) is 16.0 Å². The van der Waals surface area contributed by atoms with Crippen molar-refractivity contribution in [1.29, 1.82) is 0 Å². The molecule has 7 nitrogen and oxygen atoms in total. The van der Waals surface area contributed by atoms with E-state index in [9.17, 15) is 9.59 Å². The first-order valence-electron chi connectivity index (χ1n) is 6.10. The number of carbonyl (C=O) groups excluding carboxylic acids is 2. The lowest BCUT2D eigenvalue weighted by Gasteiger charge is -2.05. The molecule has 2 heterocycles.